The third kappa shape index (κ3) is 5.80. The molecule has 1 aliphatic rings. The average Bonchev–Trinajstić information content (AvgIpc) is 2.52. The van der Waals surface area contributed by atoms with Gasteiger partial charge in [-0.05, 0) is 69.1 Å². The molecule has 0 saturated carbocycles. The smallest absolute Gasteiger partial charge is 0.252 e. The lowest BCUT2D eigenvalue weighted by Gasteiger charge is -2.33. The van der Waals surface area contributed by atoms with Gasteiger partial charge in [0.25, 0.3) is 5.91 Å². The summed E-state index contributed by atoms with van der Waals surface area (Å²) < 4.78 is 27.6. The summed E-state index contributed by atoms with van der Waals surface area (Å²) in [5.41, 5.74) is 0.880. The molecule has 0 bridgehead atoms. The van der Waals surface area contributed by atoms with Crippen LogP contribution in [0.25, 0.3) is 0 Å². The highest BCUT2D eigenvalue weighted by atomic mass is 32.2. The van der Waals surface area contributed by atoms with Gasteiger partial charge in [0.2, 0.25) is 10.0 Å². The maximum absolute atomic E-state index is 13.0. The van der Waals surface area contributed by atoms with E-state index < -0.39 is 10.0 Å². The maximum Gasteiger partial charge on any atom is 0.252 e. The van der Waals surface area contributed by atoms with Gasteiger partial charge in [0.1, 0.15) is 0 Å². The van der Waals surface area contributed by atoms with Gasteiger partial charge >= 0.3 is 0 Å². The Bertz CT molecular complexity index is 815. The van der Waals surface area contributed by atoms with Crippen molar-refractivity contribution in [2.45, 2.75) is 78.2 Å². The van der Waals surface area contributed by atoms with Crippen LogP contribution in [0.15, 0.2) is 23.1 Å². The standard InChI is InChI=1S/C22H36N2O3S/c1-16-10-12-24(13-11-16)28(26,27)18-9-8-17(2)19(14-18)20(25)23-22(6,7)15-21(3,4)5/h8-9,14,16H,10-13,15H2,1-7H3,(H,23,25). The summed E-state index contributed by atoms with van der Waals surface area (Å²) in [6, 6.07) is 4.87. The molecule has 28 heavy (non-hydrogen) atoms. The molecule has 0 spiro atoms. The van der Waals surface area contributed by atoms with Gasteiger partial charge < -0.3 is 5.32 Å². The Morgan fingerprint density at radius 3 is 2.25 bits per heavy atom. The molecule has 1 aromatic rings. The van der Waals surface area contributed by atoms with Crippen molar-refractivity contribution in [1.29, 1.82) is 0 Å². The Kier molecular flexibility index (Phi) is 6.66. The molecular weight excluding hydrogens is 372 g/mol. The number of hydrogen-bond donors (Lipinski definition) is 1. The summed E-state index contributed by atoms with van der Waals surface area (Å²) in [6.45, 7) is 15.5. The van der Waals surface area contributed by atoms with Crippen LogP contribution in [0.5, 0.6) is 0 Å². The largest absolute Gasteiger partial charge is 0.347 e. The Balaban J connectivity index is 2.26. The predicted molar refractivity (Wildman–Crippen MR) is 114 cm³/mol. The molecule has 0 aliphatic carbocycles. The number of nitrogens with one attached hydrogen (secondary N) is 1. The quantitative estimate of drug-likeness (QED) is 0.787. The molecule has 1 fully saturated rings. The van der Waals surface area contributed by atoms with Crippen molar-refractivity contribution in [2.24, 2.45) is 11.3 Å². The number of benzene rings is 1. The summed E-state index contributed by atoms with van der Waals surface area (Å²) in [5, 5.41) is 3.09. The van der Waals surface area contributed by atoms with E-state index in [-0.39, 0.29) is 21.8 Å². The van der Waals surface area contributed by atoms with Crippen LogP contribution >= 0.6 is 0 Å². The first kappa shape index (κ1) is 22.9. The highest BCUT2D eigenvalue weighted by Crippen LogP contribution is 2.28. The first-order valence-electron chi connectivity index (χ1n) is 10.1. The highest BCUT2D eigenvalue weighted by molar-refractivity contribution is 7.89. The van der Waals surface area contributed by atoms with Crippen LogP contribution in [-0.4, -0.2) is 37.3 Å². The molecule has 1 heterocycles. The van der Waals surface area contributed by atoms with E-state index in [1.165, 1.54) is 6.07 Å². The minimum atomic E-state index is -3.58. The van der Waals surface area contributed by atoms with Gasteiger partial charge in [0, 0.05) is 24.2 Å². The van der Waals surface area contributed by atoms with Crippen molar-refractivity contribution in [3.63, 3.8) is 0 Å². The third-order valence-electron chi connectivity index (χ3n) is 5.26. The zero-order valence-electron chi connectivity index (χ0n) is 18.4. The summed E-state index contributed by atoms with van der Waals surface area (Å²) in [5.74, 6) is 0.326. The summed E-state index contributed by atoms with van der Waals surface area (Å²) in [4.78, 5) is 13.1. The van der Waals surface area contributed by atoms with E-state index in [1.54, 1.807) is 16.4 Å². The van der Waals surface area contributed by atoms with Crippen LogP contribution in [0.2, 0.25) is 0 Å². The zero-order valence-corrected chi connectivity index (χ0v) is 19.2. The molecule has 1 saturated heterocycles. The first-order chi connectivity index (χ1) is 12.7. The first-order valence-corrected chi connectivity index (χ1v) is 11.6. The van der Waals surface area contributed by atoms with Crippen LogP contribution in [0.1, 0.15) is 76.7 Å². The van der Waals surface area contributed by atoms with Gasteiger partial charge in [-0.15, -0.1) is 0 Å². The molecule has 0 radical (unpaired) electrons. The van der Waals surface area contributed by atoms with E-state index in [4.69, 9.17) is 0 Å². The van der Waals surface area contributed by atoms with Crippen LogP contribution in [0.4, 0.5) is 0 Å². The summed E-state index contributed by atoms with van der Waals surface area (Å²) in [7, 11) is -3.58. The predicted octanol–water partition coefficient (Wildman–Crippen LogP) is 4.36. The number of amides is 1. The van der Waals surface area contributed by atoms with E-state index in [1.807, 2.05) is 20.8 Å². The fourth-order valence-corrected chi connectivity index (χ4v) is 5.62. The highest BCUT2D eigenvalue weighted by Gasteiger charge is 2.31. The molecular formula is C22H36N2O3S. The number of nitrogens with zero attached hydrogens (tertiary/aromatic N) is 1. The lowest BCUT2D eigenvalue weighted by molar-refractivity contribution is 0.0890. The van der Waals surface area contributed by atoms with Crippen LogP contribution in [0.3, 0.4) is 0 Å². The summed E-state index contributed by atoms with van der Waals surface area (Å²) >= 11 is 0. The van der Waals surface area contributed by atoms with Crippen molar-refractivity contribution >= 4 is 15.9 Å². The van der Waals surface area contributed by atoms with Crippen molar-refractivity contribution in [3.05, 3.63) is 29.3 Å². The van der Waals surface area contributed by atoms with Crippen molar-refractivity contribution in [2.75, 3.05) is 13.1 Å². The van der Waals surface area contributed by atoms with Crippen LogP contribution in [-0.2, 0) is 10.0 Å². The fourth-order valence-electron chi connectivity index (χ4n) is 4.13. The number of carbonyl (C=O) groups is 1. The van der Waals surface area contributed by atoms with E-state index in [9.17, 15) is 13.2 Å². The van der Waals surface area contributed by atoms with Crippen LogP contribution < -0.4 is 5.32 Å². The number of sulfonamides is 1. The summed E-state index contributed by atoms with van der Waals surface area (Å²) in [6.07, 6.45) is 2.56. The number of piperidine rings is 1. The molecule has 1 N–H and O–H groups in total. The lowest BCUT2D eigenvalue weighted by Crippen LogP contribution is -2.46. The molecule has 0 aromatic heterocycles. The second-order valence-electron chi connectivity index (χ2n) is 10.1. The third-order valence-corrected chi connectivity index (χ3v) is 7.15. The number of aryl methyl sites for hydroxylation is 1. The molecule has 1 aromatic carbocycles. The van der Waals surface area contributed by atoms with Crippen molar-refractivity contribution in [1.82, 2.24) is 9.62 Å². The van der Waals surface area contributed by atoms with Gasteiger partial charge in [-0.2, -0.15) is 4.31 Å². The minimum absolute atomic E-state index is 0.0718. The van der Waals surface area contributed by atoms with E-state index >= 15 is 0 Å². The Hall–Kier alpha value is -1.40. The monoisotopic (exact) mass is 408 g/mol. The van der Waals surface area contributed by atoms with E-state index in [0.717, 1.165) is 24.8 Å². The van der Waals surface area contributed by atoms with Crippen molar-refractivity contribution in [3.8, 4) is 0 Å². The number of rotatable bonds is 5. The van der Waals surface area contributed by atoms with E-state index in [2.05, 4.69) is 33.0 Å². The molecule has 6 heteroatoms. The molecule has 0 atom stereocenters. The number of carbonyl (C=O) groups excluding carboxylic acids is 1. The topological polar surface area (TPSA) is 66.5 Å². The Morgan fingerprint density at radius 2 is 1.71 bits per heavy atom. The minimum Gasteiger partial charge on any atom is -0.347 e. The molecule has 158 valence electrons. The SMILES string of the molecule is Cc1ccc(S(=O)(=O)N2CCC(C)CC2)cc1C(=O)NC(C)(C)CC(C)(C)C. The van der Waals surface area contributed by atoms with Gasteiger partial charge in [-0.1, -0.05) is 33.8 Å². The van der Waals surface area contributed by atoms with Gasteiger partial charge in [0.05, 0.1) is 4.90 Å². The van der Waals surface area contributed by atoms with Crippen LogP contribution in [0, 0.1) is 18.3 Å². The molecule has 2 rings (SSSR count). The molecule has 1 amide bonds. The van der Waals surface area contributed by atoms with Crippen molar-refractivity contribution < 1.29 is 13.2 Å². The lowest BCUT2D eigenvalue weighted by atomic mass is 9.81. The van der Waals surface area contributed by atoms with E-state index in [0.29, 0.717) is 24.6 Å². The second kappa shape index (κ2) is 8.15. The average molecular weight is 409 g/mol. The van der Waals surface area contributed by atoms with Gasteiger partial charge in [0.15, 0.2) is 0 Å². The Morgan fingerprint density at radius 1 is 1.14 bits per heavy atom. The molecule has 5 nitrogen and oxygen atoms in total. The second-order valence-corrected chi connectivity index (χ2v) is 12.1. The maximum atomic E-state index is 13.0. The van der Waals surface area contributed by atoms with Gasteiger partial charge in [-0.25, -0.2) is 8.42 Å². The fraction of sp³-hybridized carbons (Fsp3) is 0.682. The van der Waals surface area contributed by atoms with Gasteiger partial charge in [-0.3, -0.25) is 4.79 Å². The Labute approximate surface area is 170 Å². The zero-order chi connectivity index (χ0) is 21.3. The molecule has 0 unspecified atom stereocenters. The number of hydrogen-bond acceptors (Lipinski definition) is 3. The molecule has 1 aliphatic heterocycles. The normalized spacial score (nSPS) is 17.5.